The van der Waals surface area contributed by atoms with Gasteiger partial charge in [-0.3, -0.25) is 0 Å². The van der Waals surface area contributed by atoms with Gasteiger partial charge in [-0.2, -0.15) is 0 Å². The van der Waals surface area contributed by atoms with E-state index < -0.39 is 0 Å². The molecule has 0 saturated carbocycles. The van der Waals surface area contributed by atoms with Gasteiger partial charge in [0, 0.05) is 17.3 Å². The fourth-order valence-electron chi connectivity index (χ4n) is 9.89. The van der Waals surface area contributed by atoms with Crippen LogP contribution in [0, 0.1) is 5.92 Å². The summed E-state index contributed by atoms with van der Waals surface area (Å²) < 4.78 is 13.0. The highest BCUT2D eigenvalue weighted by atomic mass is 16.5. The predicted octanol–water partition coefficient (Wildman–Crippen LogP) is 16.6. The summed E-state index contributed by atoms with van der Waals surface area (Å²) in [7, 11) is 0. The van der Waals surface area contributed by atoms with Gasteiger partial charge in [-0.25, -0.2) is 0 Å². The SMILES string of the molecule is CC(C)(C)c1ccc(-c2c3ccc(N4c5ccccc5Oc5ccccc54)cc3c(C3=CC=C4C=CC=CC4C3)c3ccc(N4c5ccccc5Oc5ccccc54)cc23)cc1. The topological polar surface area (TPSA) is 24.9 Å². The van der Waals surface area contributed by atoms with Crippen molar-refractivity contribution in [3.63, 3.8) is 0 Å². The highest BCUT2D eigenvalue weighted by Crippen LogP contribution is 2.55. The molecule has 1 atom stereocenters. The van der Waals surface area contributed by atoms with Crippen molar-refractivity contribution in [1.29, 1.82) is 0 Å². The molecule has 0 fully saturated rings. The molecular formula is C58H44N2O2. The van der Waals surface area contributed by atoms with Crippen LogP contribution < -0.4 is 19.3 Å². The molecule has 0 aromatic heterocycles. The van der Waals surface area contributed by atoms with Gasteiger partial charge in [-0.05, 0) is 140 Å². The molecule has 4 aliphatic rings. The van der Waals surface area contributed by atoms with Gasteiger partial charge in [0.05, 0.1) is 22.7 Å². The van der Waals surface area contributed by atoms with E-state index in [1.165, 1.54) is 54.9 Å². The van der Waals surface area contributed by atoms with Gasteiger partial charge in [0.25, 0.3) is 0 Å². The zero-order chi connectivity index (χ0) is 41.5. The van der Waals surface area contributed by atoms with E-state index in [-0.39, 0.29) is 5.41 Å². The number of hydrogen-bond acceptors (Lipinski definition) is 4. The summed E-state index contributed by atoms with van der Waals surface area (Å²) in [5.74, 6) is 3.68. The Labute approximate surface area is 362 Å². The van der Waals surface area contributed by atoms with Crippen molar-refractivity contribution >= 4 is 61.2 Å². The molecule has 2 aliphatic carbocycles. The van der Waals surface area contributed by atoms with E-state index in [0.717, 1.165) is 63.5 Å². The van der Waals surface area contributed by atoms with Crippen molar-refractivity contribution in [2.24, 2.45) is 5.92 Å². The largest absolute Gasteiger partial charge is 0.453 e. The Morgan fingerprint density at radius 3 is 1.48 bits per heavy atom. The van der Waals surface area contributed by atoms with Gasteiger partial charge in [0.2, 0.25) is 0 Å². The third-order valence-corrected chi connectivity index (χ3v) is 12.9. The van der Waals surface area contributed by atoms with Crippen LogP contribution in [0.2, 0.25) is 0 Å². The molecular weight excluding hydrogens is 757 g/mol. The Bertz CT molecular complexity index is 3180. The fraction of sp³-hybridized carbons (Fsp3) is 0.103. The van der Waals surface area contributed by atoms with Gasteiger partial charge < -0.3 is 19.3 Å². The Morgan fingerprint density at radius 2 is 0.968 bits per heavy atom. The third kappa shape index (κ3) is 5.82. The first kappa shape index (κ1) is 36.3. The lowest BCUT2D eigenvalue weighted by Gasteiger charge is -2.34. The van der Waals surface area contributed by atoms with Crippen LogP contribution in [0.4, 0.5) is 34.1 Å². The summed E-state index contributed by atoms with van der Waals surface area (Å²) in [4.78, 5) is 4.71. The second-order valence-electron chi connectivity index (χ2n) is 17.7. The minimum atomic E-state index is 0.0268. The van der Waals surface area contributed by atoms with Crippen LogP contribution in [0.5, 0.6) is 23.0 Å². The van der Waals surface area contributed by atoms with Crippen molar-refractivity contribution in [3.05, 3.63) is 211 Å². The maximum absolute atomic E-state index is 6.48. The Kier molecular flexibility index (Phi) is 8.20. The van der Waals surface area contributed by atoms with Crippen LogP contribution in [-0.4, -0.2) is 0 Å². The lowest BCUT2D eigenvalue weighted by Crippen LogP contribution is -2.16. The summed E-state index contributed by atoms with van der Waals surface area (Å²) in [5, 5.41) is 4.87. The molecule has 0 amide bonds. The first-order valence-corrected chi connectivity index (χ1v) is 21.6. The molecule has 8 aromatic rings. The van der Waals surface area contributed by atoms with Crippen LogP contribution >= 0.6 is 0 Å². The Hall–Kier alpha value is -7.56. The first-order valence-electron chi connectivity index (χ1n) is 21.6. The van der Waals surface area contributed by atoms with Crippen LogP contribution in [0.1, 0.15) is 38.3 Å². The van der Waals surface area contributed by atoms with Gasteiger partial charge in [-0.15, -0.1) is 0 Å². The molecule has 0 saturated heterocycles. The second kappa shape index (κ2) is 14.0. The van der Waals surface area contributed by atoms with Gasteiger partial charge in [0.15, 0.2) is 23.0 Å². The number of ether oxygens (including phenoxy) is 2. The van der Waals surface area contributed by atoms with E-state index >= 15 is 0 Å². The zero-order valence-electron chi connectivity index (χ0n) is 35.0. The predicted molar refractivity (Wildman–Crippen MR) is 258 cm³/mol. The third-order valence-electron chi connectivity index (χ3n) is 12.9. The number of nitrogens with zero attached hydrogens (tertiary/aromatic N) is 2. The number of allylic oxidation sites excluding steroid dienone is 8. The van der Waals surface area contributed by atoms with Crippen LogP contribution in [0.3, 0.4) is 0 Å². The summed E-state index contributed by atoms with van der Waals surface area (Å²) in [5.41, 5.74) is 13.9. The summed E-state index contributed by atoms with van der Waals surface area (Å²) in [6, 6.07) is 56.8. The molecule has 62 heavy (non-hydrogen) atoms. The van der Waals surface area contributed by atoms with Gasteiger partial charge in [0.1, 0.15) is 0 Å². The number of benzene rings is 8. The molecule has 0 spiro atoms. The van der Waals surface area contributed by atoms with Crippen molar-refractivity contribution in [1.82, 2.24) is 0 Å². The number of hydrogen-bond donors (Lipinski definition) is 0. The minimum absolute atomic E-state index is 0.0268. The summed E-state index contributed by atoms with van der Waals surface area (Å²) in [6.07, 6.45) is 14.6. The number of anilines is 6. The molecule has 298 valence electrons. The lowest BCUT2D eigenvalue weighted by atomic mass is 9.78. The summed E-state index contributed by atoms with van der Waals surface area (Å²) >= 11 is 0. The van der Waals surface area contributed by atoms with E-state index in [1.54, 1.807) is 0 Å². The molecule has 1 unspecified atom stereocenters. The zero-order valence-corrected chi connectivity index (χ0v) is 35.0. The molecule has 8 aromatic carbocycles. The minimum Gasteiger partial charge on any atom is -0.453 e. The van der Waals surface area contributed by atoms with E-state index in [2.05, 4.69) is 200 Å². The van der Waals surface area contributed by atoms with Gasteiger partial charge >= 0.3 is 0 Å². The van der Waals surface area contributed by atoms with Crippen molar-refractivity contribution in [2.45, 2.75) is 32.6 Å². The number of rotatable bonds is 4. The highest BCUT2D eigenvalue weighted by molar-refractivity contribution is 6.20. The molecule has 12 rings (SSSR count). The summed E-state index contributed by atoms with van der Waals surface area (Å²) in [6.45, 7) is 6.85. The Morgan fingerprint density at radius 1 is 0.484 bits per heavy atom. The van der Waals surface area contributed by atoms with Crippen molar-refractivity contribution in [3.8, 4) is 34.1 Å². The smallest absolute Gasteiger partial charge is 0.151 e. The van der Waals surface area contributed by atoms with Gasteiger partial charge in [-0.1, -0.05) is 142 Å². The van der Waals surface area contributed by atoms with E-state index in [0.29, 0.717) is 5.92 Å². The molecule has 0 radical (unpaired) electrons. The van der Waals surface area contributed by atoms with E-state index in [9.17, 15) is 0 Å². The average Bonchev–Trinajstić information content (AvgIpc) is 3.31. The number of para-hydroxylation sites is 8. The second-order valence-corrected chi connectivity index (χ2v) is 17.7. The van der Waals surface area contributed by atoms with Crippen LogP contribution in [-0.2, 0) is 5.41 Å². The fourth-order valence-corrected chi connectivity index (χ4v) is 9.89. The monoisotopic (exact) mass is 800 g/mol. The molecule has 2 aliphatic heterocycles. The molecule has 4 nitrogen and oxygen atoms in total. The van der Waals surface area contributed by atoms with Crippen LogP contribution in [0.15, 0.2) is 200 Å². The van der Waals surface area contributed by atoms with Crippen molar-refractivity contribution in [2.75, 3.05) is 9.80 Å². The van der Waals surface area contributed by atoms with Crippen molar-refractivity contribution < 1.29 is 9.47 Å². The average molecular weight is 801 g/mol. The highest BCUT2D eigenvalue weighted by Gasteiger charge is 2.30. The van der Waals surface area contributed by atoms with E-state index in [4.69, 9.17) is 9.47 Å². The normalized spacial score (nSPS) is 16.0. The lowest BCUT2D eigenvalue weighted by molar-refractivity contribution is 0.477. The molecule has 0 bridgehead atoms. The first-order chi connectivity index (χ1) is 30.4. The molecule has 4 heteroatoms. The molecule has 2 heterocycles. The maximum atomic E-state index is 6.48. The Balaban J connectivity index is 1.17. The number of fused-ring (bicyclic) bond motifs is 7. The maximum Gasteiger partial charge on any atom is 0.151 e. The quantitative estimate of drug-likeness (QED) is 0.166. The van der Waals surface area contributed by atoms with Crippen LogP contribution in [0.25, 0.3) is 38.2 Å². The van der Waals surface area contributed by atoms with E-state index in [1.807, 2.05) is 24.3 Å². The standard InChI is InChI=1S/C58H44N2O2/c1-58(2,3)41-28-26-38(27-29-41)56-44-32-30-43(60-50-18-8-12-22-54(50)62-55-23-13-9-19-51(55)60)36-47(44)57(40-25-24-37-14-4-5-15-39(37)34-40)45-33-31-42(35-46(45)56)59-48-16-6-10-20-52(48)61-53-21-11-7-17-49(53)59/h4-33,35-36,39H,34H2,1-3H3. The molecule has 0 N–H and O–H groups in total.